The highest BCUT2D eigenvalue weighted by Gasteiger charge is 2.40. The molecular weight excluding hydrogens is 376 g/mol. The summed E-state index contributed by atoms with van der Waals surface area (Å²) in [5.41, 5.74) is -1.48. The second-order valence-electron chi connectivity index (χ2n) is 4.77. The van der Waals surface area contributed by atoms with E-state index in [4.69, 9.17) is 0 Å². The molecule has 0 bridgehead atoms. The van der Waals surface area contributed by atoms with E-state index in [-0.39, 0.29) is 11.3 Å². The third-order valence-electron chi connectivity index (χ3n) is 3.23. The highest BCUT2D eigenvalue weighted by molar-refractivity contribution is 9.10. The number of para-hydroxylation sites is 1. The lowest BCUT2D eigenvalue weighted by atomic mass is 10.1. The fourth-order valence-electron chi connectivity index (χ4n) is 2.21. The van der Waals surface area contributed by atoms with Gasteiger partial charge < -0.3 is 0 Å². The van der Waals surface area contributed by atoms with E-state index < -0.39 is 23.4 Å². The fraction of sp³-hybridized carbons (Fsp3) is 0.0625. The lowest BCUT2D eigenvalue weighted by molar-refractivity contribution is -0.140. The molecule has 0 aliphatic heterocycles. The van der Waals surface area contributed by atoms with Crippen molar-refractivity contribution in [2.45, 2.75) is 6.18 Å². The lowest BCUT2D eigenvalue weighted by Crippen LogP contribution is -2.08. The van der Waals surface area contributed by atoms with Crippen molar-refractivity contribution in [2.75, 3.05) is 0 Å². The zero-order valence-electron chi connectivity index (χ0n) is 11.5. The number of alkyl halides is 3. The maximum Gasteiger partial charge on any atom is 0.435 e. The summed E-state index contributed by atoms with van der Waals surface area (Å²) in [4.78, 5) is 0. The Balaban J connectivity index is 2.25. The minimum absolute atomic E-state index is 0.111. The highest BCUT2D eigenvalue weighted by Crippen LogP contribution is 2.38. The number of aromatic nitrogens is 2. The number of hydrogen-bond acceptors (Lipinski definition) is 1. The molecule has 1 aromatic heterocycles. The minimum Gasteiger partial charge on any atom is -0.206 e. The van der Waals surface area contributed by atoms with Gasteiger partial charge >= 0.3 is 6.18 Å². The lowest BCUT2D eigenvalue weighted by Gasteiger charge is -2.06. The molecule has 7 heteroatoms. The Morgan fingerprint density at radius 2 is 1.52 bits per heavy atom. The molecule has 0 amide bonds. The van der Waals surface area contributed by atoms with Crippen molar-refractivity contribution < 1.29 is 17.6 Å². The number of benzene rings is 2. The van der Waals surface area contributed by atoms with Gasteiger partial charge in [-0.25, -0.2) is 4.68 Å². The summed E-state index contributed by atoms with van der Waals surface area (Å²) in [5, 5.41) is 3.46. The molecule has 3 rings (SSSR count). The number of nitrogens with zero attached hydrogens (tertiary/aromatic N) is 2. The van der Waals surface area contributed by atoms with Gasteiger partial charge in [-0.05, 0) is 29.8 Å². The van der Waals surface area contributed by atoms with Crippen molar-refractivity contribution in [1.29, 1.82) is 0 Å². The predicted molar refractivity (Wildman–Crippen MR) is 81.7 cm³/mol. The van der Waals surface area contributed by atoms with Gasteiger partial charge in [-0.1, -0.05) is 46.3 Å². The number of hydrogen-bond donors (Lipinski definition) is 0. The van der Waals surface area contributed by atoms with Crippen LogP contribution >= 0.6 is 15.9 Å². The first-order chi connectivity index (χ1) is 10.9. The molecule has 0 aliphatic rings. The van der Waals surface area contributed by atoms with Crippen molar-refractivity contribution in [2.24, 2.45) is 0 Å². The first-order valence-corrected chi connectivity index (χ1v) is 7.34. The molecule has 0 unspecified atom stereocenters. The molecule has 0 fully saturated rings. The summed E-state index contributed by atoms with van der Waals surface area (Å²) in [6.07, 6.45) is -4.76. The van der Waals surface area contributed by atoms with Crippen molar-refractivity contribution >= 4 is 15.9 Å². The third-order valence-corrected chi connectivity index (χ3v) is 3.76. The Kier molecular flexibility index (Phi) is 3.97. The molecule has 3 aromatic rings. The molecule has 0 atom stereocenters. The summed E-state index contributed by atoms with van der Waals surface area (Å²) < 4.78 is 55.8. The second-order valence-corrected chi connectivity index (χ2v) is 5.68. The Labute approximate surface area is 137 Å². The van der Waals surface area contributed by atoms with Crippen LogP contribution in [0.25, 0.3) is 16.8 Å². The van der Waals surface area contributed by atoms with Gasteiger partial charge in [0.05, 0.1) is 11.3 Å². The van der Waals surface area contributed by atoms with Crippen LogP contribution in [0.5, 0.6) is 0 Å². The summed E-state index contributed by atoms with van der Waals surface area (Å²) in [5.74, 6) is -1.05. The molecule has 2 nitrogen and oxygen atoms in total. The summed E-state index contributed by atoms with van der Waals surface area (Å²) in [7, 11) is 0. The van der Waals surface area contributed by atoms with Crippen LogP contribution in [0.4, 0.5) is 17.6 Å². The topological polar surface area (TPSA) is 17.8 Å². The van der Waals surface area contributed by atoms with Crippen molar-refractivity contribution in [3.05, 3.63) is 70.7 Å². The third kappa shape index (κ3) is 3.01. The van der Waals surface area contributed by atoms with E-state index in [1.807, 2.05) is 0 Å². The van der Waals surface area contributed by atoms with Gasteiger partial charge in [0.25, 0.3) is 0 Å². The standard InChI is InChI=1S/C16H9BrF4N2/c17-11-8-6-10(7-9-11)13-14(16(19,20)21)22-23(15(13)18)12-4-2-1-3-5-12/h1-9H. The molecule has 23 heavy (non-hydrogen) atoms. The van der Waals surface area contributed by atoms with E-state index in [1.165, 1.54) is 24.3 Å². The van der Waals surface area contributed by atoms with E-state index in [0.717, 1.165) is 0 Å². The molecule has 0 saturated carbocycles. The van der Waals surface area contributed by atoms with Gasteiger partial charge in [0.1, 0.15) is 0 Å². The zero-order chi connectivity index (χ0) is 16.6. The molecule has 0 radical (unpaired) electrons. The Morgan fingerprint density at radius 1 is 0.913 bits per heavy atom. The molecule has 2 aromatic carbocycles. The van der Waals surface area contributed by atoms with Crippen LogP contribution < -0.4 is 0 Å². The first-order valence-electron chi connectivity index (χ1n) is 6.55. The predicted octanol–water partition coefficient (Wildman–Crippen LogP) is 5.46. The van der Waals surface area contributed by atoms with Gasteiger partial charge in [0.15, 0.2) is 5.69 Å². The molecular formula is C16H9BrF4N2. The monoisotopic (exact) mass is 384 g/mol. The quantitative estimate of drug-likeness (QED) is 0.536. The van der Waals surface area contributed by atoms with Gasteiger partial charge in [-0.2, -0.15) is 22.7 Å². The largest absolute Gasteiger partial charge is 0.435 e. The summed E-state index contributed by atoms with van der Waals surface area (Å²) in [6.45, 7) is 0. The Morgan fingerprint density at radius 3 is 2.09 bits per heavy atom. The molecule has 118 valence electrons. The van der Waals surface area contributed by atoms with Crippen LogP contribution in [0.15, 0.2) is 59.1 Å². The molecule has 0 aliphatic carbocycles. The van der Waals surface area contributed by atoms with Crippen LogP contribution in [0.2, 0.25) is 0 Å². The molecule has 0 N–H and O–H groups in total. The van der Waals surface area contributed by atoms with Crippen molar-refractivity contribution in [1.82, 2.24) is 9.78 Å². The summed E-state index contributed by atoms with van der Waals surface area (Å²) in [6, 6.07) is 13.8. The van der Waals surface area contributed by atoms with Crippen LogP contribution in [0.3, 0.4) is 0 Å². The first kappa shape index (κ1) is 15.7. The molecule has 0 saturated heterocycles. The van der Waals surface area contributed by atoms with E-state index in [2.05, 4.69) is 21.0 Å². The van der Waals surface area contributed by atoms with E-state index >= 15 is 0 Å². The fourth-order valence-corrected chi connectivity index (χ4v) is 2.47. The number of rotatable bonds is 2. The Bertz CT molecular complexity index is 824. The van der Waals surface area contributed by atoms with Crippen LogP contribution in [-0.2, 0) is 6.18 Å². The number of halogens is 5. The summed E-state index contributed by atoms with van der Waals surface area (Å²) >= 11 is 3.20. The van der Waals surface area contributed by atoms with Gasteiger partial charge in [0, 0.05) is 4.47 Å². The van der Waals surface area contributed by atoms with Crippen LogP contribution in [-0.4, -0.2) is 9.78 Å². The SMILES string of the molecule is Fc1c(-c2ccc(Br)cc2)c(C(F)(F)F)nn1-c1ccccc1. The minimum atomic E-state index is -4.76. The average molecular weight is 385 g/mol. The molecule has 1 heterocycles. The smallest absolute Gasteiger partial charge is 0.206 e. The van der Waals surface area contributed by atoms with E-state index in [0.29, 0.717) is 9.15 Å². The van der Waals surface area contributed by atoms with E-state index in [1.54, 1.807) is 30.3 Å². The Hall–Kier alpha value is -2.15. The maximum atomic E-state index is 14.7. The van der Waals surface area contributed by atoms with Crippen molar-refractivity contribution in [3.8, 4) is 16.8 Å². The zero-order valence-corrected chi connectivity index (χ0v) is 13.1. The second kappa shape index (κ2) is 5.81. The van der Waals surface area contributed by atoms with Gasteiger partial charge in [0.2, 0.25) is 5.95 Å². The highest BCUT2D eigenvalue weighted by atomic mass is 79.9. The maximum absolute atomic E-state index is 14.7. The van der Waals surface area contributed by atoms with E-state index in [9.17, 15) is 17.6 Å². The van der Waals surface area contributed by atoms with Gasteiger partial charge in [-0.3, -0.25) is 0 Å². The average Bonchev–Trinajstić information content (AvgIpc) is 2.87. The van der Waals surface area contributed by atoms with Crippen LogP contribution in [0, 0.1) is 5.95 Å². The van der Waals surface area contributed by atoms with Crippen LogP contribution in [0.1, 0.15) is 5.69 Å². The molecule has 0 spiro atoms. The van der Waals surface area contributed by atoms with Crippen molar-refractivity contribution in [3.63, 3.8) is 0 Å². The normalized spacial score (nSPS) is 11.7. The van der Waals surface area contributed by atoms with Gasteiger partial charge in [-0.15, -0.1) is 0 Å².